The summed E-state index contributed by atoms with van der Waals surface area (Å²) in [6.07, 6.45) is 1.42. The van der Waals surface area contributed by atoms with E-state index in [-0.39, 0.29) is 17.2 Å². The van der Waals surface area contributed by atoms with E-state index in [9.17, 15) is 19.5 Å². The monoisotopic (exact) mass is 398 g/mol. The Kier molecular flexibility index (Phi) is 5.45. The van der Waals surface area contributed by atoms with Crippen molar-refractivity contribution < 1.29 is 29.0 Å². The van der Waals surface area contributed by atoms with Crippen molar-refractivity contribution in [1.82, 2.24) is 10.2 Å². The smallest absolute Gasteiger partial charge is 0.329 e. The number of carbonyl (C=O) groups is 3. The van der Waals surface area contributed by atoms with Gasteiger partial charge in [-0.1, -0.05) is 15.9 Å². The van der Waals surface area contributed by atoms with Crippen molar-refractivity contribution in [3.63, 3.8) is 0 Å². The van der Waals surface area contributed by atoms with Crippen LogP contribution in [0.25, 0.3) is 6.08 Å². The molecule has 1 aromatic rings. The highest BCUT2D eigenvalue weighted by Crippen LogP contribution is 2.34. The molecular weight excluding hydrogens is 384 g/mol. The topological polar surface area (TPSA) is 105 Å². The second kappa shape index (κ2) is 7.35. The van der Waals surface area contributed by atoms with Gasteiger partial charge in [0.15, 0.2) is 11.5 Å². The molecule has 0 unspecified atom stereocenters. The predicted molar refractivity (Wildman–Crippen MR) is 87.2 cm³/mol. The van der Waals surface area contributed by atoms with Gasteiger partial charge in [-0.3, -0.25) is 9.59 Å². The maximum absolute atomic E-state index is 12.2. The molecule has 1 aromatic carbocycles. The molecule has 1 fully saturated rings. The number of halogens is 1. The normalized spacial score (nSPS) is 15.6. The Morgan fingerprint density at radius 1 is 1.42 bits per heavy atom. The van der Waals surface area contributed by atoms with Gasteiger partial charge in [0.25, 0.3) is 5.91 Å². The molecule has 2 rings (SSSR count). The average molecular weight is 399 g/mol. The van der Waals surface area contributed by atoms with Crippen molar-refractivity contribution in [2.45, 2.75) is 6.92 Å². The number of phenols is 1. The summed E-state index contributed by atoms with van der Waals surface area (Å²) in [5.41, 5.74) is 0.512. The summed E-state index contributed by atoms with van der Waals surface area (Å²) in [5, 5.41) is 12.2. The van der Waals surface area contributed by atoms with Crippen molar-refractivity contribution in [1.29, 1.82) is 0 Å². The fourth-order valence-electron chi connectivity index (χ4n) is 2.00. The van der Waals surface area contributed by atoms with Crippen molar-refractivity contribution in [3.05, 3.63) is 27.9 Å². The minimum Gasteiger partial charge on any atom is -0.504 e. The summed E-state index contributed by atoms with van der Waals surface area (Å²) in [6, 6.07) is 2.24. The second-order valence-corrected chi connectivity index (χ2v) is 5.58. The fraction of sp³-hybridized carbons (Fsp3) is 0.267. The number of esters is 1. The number of carbonyl (C=O) groups excluding carboxylic acids is 3. The molecule has 9 heteroatoms. The van der Waals surface area contributed by atoms with E-state index in [1.807, 2.05) is 0 Å². The van der Waals surface area contributed by atoms with Gasteiger partial charge in [0, 0.05) is 4.47 Å². The van der Waals surface area contributed by atoms with E-state index in [0.29, 0.717) is 16.6 Å². The Bertz CT molecular complexity index is 731. The fourth-order valence-corrected chi connectivity index (χ4v) is 2.45. The third kappa shape index (κ3) is 3.67. The molecule has 0 saturated carbocycles. The molecule has 128 valence electrons. The van der Waals surface area contributed by atoms with E-state index in [2.05, 4.69) is 26.0 Å². The number of rotatable bonds is 5. The first-order valence-corrected chi connectivity index (χ1v) is 7.73. The molecule has 0 atom stereocenters. The van der Waals surface area contributed by atoms with Crippen LogP contribution in [0.2, 0.25) is 0 Å². The number of nitrogens with zero attached hydrogens (tertiary/aromatic N) is 1. The maximum atomic E-state index is 12.2. The molecule has 8 nitrogen and oxygen atoms in total. The quantitative estimate of drug-likeness (QED) is 0.443. The number of nitrogens with one attached hydrogen (secondary N) is 1. The van der Waals surface area contributed by atoms with Gasteiger partial charge in [-0.15, -0.1) is 0 Å². The molecule has 1 aliphatic rings. The first-order valence-electron chi connectivity index (χ1n) is 6.94. The molecule has 0 aliphatic carbocycles. The van der Waals surface area contributed by atoms with E-state index in [0.717, 1.165) is 4.90 Å². The molecule has 3 amide bonds. The van der Waals surface area contributed by atoms with Crippen LogP contribution in [-0.4, -0.2) is 48.2 Å². The summed E-state index contributed by atoms with van der Waals surface area (Å²) in [6.45, 7) is 1.65. The molecule has 1 aliphatic heterocycles. The van der Waals surface area contributed by atoms with Crippen LogP contribution >= 0.6 is 15.9 Å². The van der Waals surface area contributed by atoms with E-state index in [1.54, 1.807) is 6.92 Å². The minimum absolute atomic E-state index is 0.00209. The van der Waals surface area contributed by atoms with Crippen LogP contribution < -0.4 is 10.1 Å². The van der Waals surface area contributed by atoms with Gasteiger partial charge in [0.05, 0.1) is 13.7 Å². The van der Waals surface area contributed by atoms with Crippen LogP contribution in [-0.2, 0) is 14.3 Å². The summed E-state index contributed by atoms with van der Waals surface area (Å²) in [7, 11) is 1.17. The molecule has 0 spiro atoms. The Hall–Kier alpha value is -2.55. The van der Waals surface area contributed by atoms with Crippen LogP contribution in [0.4, 0.5) is 4.79 Å². The first-order chi connectivity index (χ1) is 11.4. The van der Waals surface area contributed by atoms with Crippen LogP contribution in [0.15, 0.2) is 22.3 Å². The highest BCUT2D eigenvalue weighted by Gasteiger charge is 2.35. The minimum atomic E-state index is -0.711. The van der Waals surface area contributed by atoms with Gasteiger partial charge in [0.2, 0.25) is 0 Å². The molecule has 0 radical (unpaired) electrons. The highest BCUT2D eigenvalue weighted by atomic mass is 79.9. The second-order valence-electron chi connectivity index (χ2n) is 4.73. The van der Waals surface area contributed by atoms with Gasteiger partial charge in [-0.05, 0) is 30.7 Å². The number of hydrogen-bond acceptors (Lipinski definition) is 6. The Labute approximate surface area is 146 Å². The number of methoxy groups -OCH3 is 1. The first kappa shape index (κ1) is 17.8. The summed E-state index contributed by atoms with van der Waals surface area (Å²) < 4.78 is 10.2. The summed E-state index contributed by atoms with van der Waals surface area (Å²) in [5.74, 6) is -1.16. The number of benzene rings is 1. The van der Waals surface area contributed by atoms with Gasteiger partial charge in [0.1, 0.15) is 12.2 Å². The molecule has 0 bridgehead atoms. The lowest BCUT2D eigenvalue weighted by Crippen LogP contribution is -2.36. The molecule has 1 heterocycles. The van der Waals surface area contributed by atoms with Crippen LogP contribution in [0.3, 0.4) is 0 Å². The highest BCUT2D eigenvalue weighted by molar-refractivity contribution is 9.10. The largest absolute Gasteiger partial charge is 0.504 e. The number of phenolic OH excluding ortho intramolecular Hbond substituents is 1. The number of aromatic hydroxyl groups is 1. The predicted octanol–water partition coefficient (Wildman–Crippen LogP) is 1.62. The molecule has 2 N–H and O–H groups in total. The third-order valence-electron chi connectivity index (χ3n) is 3.16. The van der Waals surface area contributed by atoms with E-state index < -0.39 is 24.5 Å². The standard InChI is InChI=1S/C15H15BrN2O6/c1-3-24-12-5-8(9(16)6-11(12)19)4-10-14(21)18(15(22)17-10)7-13(20)23-2/h4-6,19H,3,7H2,1-2H3,(H,17,22)/b10-4+. The Morgan fingerprint density at radius 2 is 2.12 bits per heavy atom. The van der Waals surface area contributed by atoms with Crippen molar-refractivity contribution in [2.24, 2.45) is 0 Å². The van der Waals surface area contributed by atoms with Crippen molar-refractivity contribution in [2.75, 3.05) is 20.3 Å². The maximum Gasteiger partial charge on any atom is 0.329 e. The number of amides is 3. The third-order valence-corrected chi connectivity index (χ3v) is 3.84. The van der Waals surface area contributed by atoms with Gasteiger partial charge in [-0.25, -0.2) is 9.69 Å². The SMILES string of the molecule is CCOc1cc(/C=C2/NC(=O)N(CC(=O)OC)C2=O)c(Br)cc1O. The van der Waals surface area contributed by atoms with Crippen LogP contribution in [0, 0.1) is 0 Å². The number of urea groups is 1. The van der Waals surface area contributed by atoms with Crippen LogP contribution in [0.1, 0.15) is 12.5 Å². The van der Waals surface area contributed by atoms with E-state index >= 15 is 0 Å². The summed E-state index contributed by atoms with van der Waals surface area (Å²) >= 11 is 3.27. The molecular formula is C15H15BrN2O6. The van der Waals surface area contributed by atoms with E-state index in [1.165, 1.54) is 25.3 Å². The van der Waals surface area contributed by atoms with Crippen molar-refractivity contribution in [3.8, 4) is 11.5 Å². The lowest BCUT2D eigenvalue weighted by molar-refractivity contribution is -0.143. The zero-order valence-corrected chi connectivity index (χ0v) is 14.5. The Morgan fingerprint density at radius 3 is 2.75 bits per heavy atom. The lowest BCUT2D eigenvalue weighted by atomic mass is 10.1. The van der Waals surface area contributed by atoms with E-state index in [4.69, 9.17) is 4.74 Å². The summed E-state index contributed by atoms with van der Waals surface area (Å²) in [4.78, 5) is 36.1. The van der Waals surface area contributed by atoms with Crippen LogP contribution in [0.5, 0.6) is 11.5 Å². The average Bonchev–Trinajstić information content (AvgIpc) is 2.79. The Balaban J connectivity index is 2.32. The molecule has 0 aromatic heterocycles. The molecule has 24 heavy (non-hydrogen) atoms. The van der Waals surface area contributed by atoms with Gasteiger partial charge < -0.3 is 19.9 Å². The van der Waals surface area contributed by atoms with Crippen molar-refractivity contribution >= 4 is 39.9 Å². The van der Waals surface area contributed by atoms with Gasteiger partial charge in [-0.2, -0.15) is 0 Å². The zero-order chi connectivity index (χ0) is 17.9. The van der Waals surface area contributed by atoms with Gasteiger partial charge >= 0.3 is 12.0 Å². The zero-order valence-electron chi connectivity index (χ0n) is 13.0. The number of hydrogen-bond donors (Lipinski definition) is 2. The number of ether oxygens (including phenoxy) is 2. The number of imide groups is 1. The molecule has 1 saturated heterocycles. The lowest BCUT2D eigenvalue weighted by Gasteiger charge is -2.09.